The van der Waals surface area contributed by atoms with Gasteiger partial charge < -0.3 is 15.0 Å². The molecule has 0 aliphatic carbocycles. The third kappa shape index (κ3) is 2.16. The van der Waals surface area contributed by atoms with E-state index in [1.807, 2.05) is 37.4 Å². The van der Waals surface area contributed by atoms with E-state index in [1.165, 1.54) is 0 Å². The summed E-state index contributed by atoms with van der Waals surface area (Å²) in [6.07, 6.45) is 1.48. The minimum Gasteiger partial charge on any atom is -0.445 e. The molecule has 2 aromatic rings. The molecule has 16 heavy (non-hydrogen) atoms. The highest BCUT2D eigenvalue weighted by Gasteiger charge is 2.05. The summed E-state index contributed by atoms with van der Waals surface area (Å²) in [6, 6.07) is 7.92. The molecule has 0 radical (unpaired) electrons. The van der Waals surface area contributed by atoms with Crippen LogP contribution in [-0.2, 0) is 11.3 Å². The molecule has 1 aromatic heterocycles. The predicted molar refractivity (Wildman–Crippen MR) is 62.2 cm³/mol. The zero-order valence-electron chi connectivity index (χ0n) is 9.12. The van der Waals surface area contributed by atoms with Gasteiger partial charge in [-0.2, -0.15) is 0 Å². The summed E-state index contributed by atoms with van der Waals surface area (Å²) in [5.41, 5.74) is 2.04. The Kier molecular flexibility index (Phi) is 3.10. The Balaban J connectivity index is 2.07. The Morgan fingerprint density at radius 3 is 3.06 bits per heavy atom. The zero-order valence-corrected chi connectivity index (χ0v) is 9.12. The number of hydrogen-bond donors (Lipinski definition) is 2. The lowest BCUT2D eigenvalue weighted by Gasteiger charge is -2.03. The number of amides is 1. The van der Waals surface area contributed by atoms with Crippen LogP contribution in [0.25, 0.3) is 10.9 Å². The number of aromatic nitrogens is 1. The molecule has 1 heterocycles. The number of hydrogen-bond acceptors (Lipinski definition) is 2. The van der Waals surface area contributed by atoms with Gasteiger partial charge in [-0.1, -0.05) is 18.2 Å². The van der Waals surface area contributed by atoms with Crippen LogP contribution in [0.5, 0.6) is 0 Å². The van der Waals surface area contributed by atoms with Gasteiger partial charge in [-0.25, -0.2) is 4.79 Å². The molecule has 0 aliphatic heterocycles. The number of ether oxygens (including phenoxy) is 1. The molecule has 0 fully saturated rings. The van der Waals surface area contributed by atoms with Crippen LogP contribution in [0.3, 0.4) is 0 Å². The van der Waals surface area contributed by atoms with E-state index < -0.39 is 0 Å². The van der Waals surface area contributed by atoms with Crippen molar-refractivity contribution in [2.45, 2.75) is 13.5 Å². The van der Waals surface area contributed by atoms with Crippen molar-refractivity contribution in [2.75, 3.05) is 6.54 Å². The number of fused-ring (bicyclic) bond motifs is 1. The molecule has 2 N–H and O–H groups in total. The average Bonchev–Trinajstić information content (AvgIpc) is 2.70. The number of carbonyl (C=O) groups is 1. The Labute approximate surface area is 93.6 Å². The summed E-state index contributed by atoms with van der Waals surface area (Å²) in [4.78, 5) is 14.3. The summed E-state index contributed by atoms with van der Waals surface area (Å²) in [6.45, 7) is 2.72. The maximum absolute atomic E-state index is 11.1. The van der Waals surface area contributed by atoms with Gasteiger partial charge in [-0.15, -0.1) is 0 Å². The second kappa shape index (κ2) is 4.70. The second-order valence-corrected chi connectivity index (χ2v) is 3.47. The van der Waals surface area contributed by atoms with E-state index in [9.17, 15) is 4.79 Å². The lowest BCUT2D eigenvalue weighted by Crippen LogP contribution is -2.23. The van der Waals surface area contributed by atoms with Gasteiger partial charge in [0.15, 0.2) is 0 Å². The van der Waals surface area contributed by atoms with Crippen molar-refractivity contribution < 1.29 is 9.53 Å². The Morgan fingerprint density at radius 1 is 1.44 bits per heavy atom. The highest BCUT2D eigenvalue weighted by molar-refractivity contribution is 5.83. The molecule has 0 unspecified atom stereocenters. The van der Waals surface area contributed by atoms with E-state index in [0.717, 1.165) is 16.5 Å². The number of para-hydroxylation sites is 1. The lowest BCUT2D eigenvalue weighted by molar-refractivity contribution is 0.140. The van der Waals surface area contributed by atoms with Gasteiger partial charge in [0, 0.05) is 29.2 Å². The number of alkyl carbamates (subject to hydrolysis) is 1. The maximum Gasteiger partial charge on any atom is 0.407 e. The topological polar surface area (TPSA) is 54.1 Å². The fourth-order valence-electron chi connectivity index (χ4n) is 1.59. The van der Waals surface area contributed by atoms with Crippen LogP contribution in [0.15, 0.2) is 30.5 Å². The Bertz CT molecular complexity index is 490. The van der Waals surface area contributed by atoms with E-state index in [1.54, 1.807) is 0 Å². The summed E-state index contributed by atoms with van der Waals surface area (Å²) < 4.78 is 5.06. The molecule has 0 bridgehead atoms. The smallest absolute Gasteiger partial charge is 0.407 e. The van der Waals surface area contributed by atoms with Crippen molar-refractivity contribution in [3.05, 3.63) is 36.0 Å². The van der Waals surface area contributed by atoms with Gasteiger partial charge in [0.2, 0.25) is 0 Å². The third-order valence-corrected chi connectivity index (χ3v) is 2.35. The standard InChI is InChI=1S/C12H14N2O2/c1-2-13-12(15)16-8-9-7-14-11-6-4-3-5-10(9)11/h3-7,14H,2,8H2,1H3,(H,13,15). The highest BCUT2D eigenvalue weighted by atomic mass is 16.5. The van der Waals surface area contributed by atoms with Gasteiger partial charge in [0.25, 0.3) is 0 Å². The van der Waals surface area contributed by atoms with E-state index in [0.29, 0.717) is 6.54 Å². The Hall–Kier alpha value is -1.97. The predicted octanol–water partition coefficient (Wildman–Crippen LogP) is 2.41. The molecular weight excluding hydrogens is 204 g/mol. The van der Waals surface area contributed by atoms with E-state index in [-0.39, 0.29) is 12.7 Å². The Morgan fingerprint density at radius 2 is 2.25 bits per heavy atom. The quantitative estimate of drug-likeness (QED) is 0.831. The van der Waals surface area contributed by atoms with Crippen molar-refractivity contribution in [2.24, 2.45) is 0 Å². The number of rotatable bonds is 3. The summed E-state index contributed by atoms with van der Waals surface area (Å²) in [7, 11) is 0. The number of H-pyrrole nitrogens is 1. The lowest BCUT2D eigenvalue weighted by atomic mass is 10.2. The van der Waals surface area contributed by atoms with Crippen molar-refractivity contribution in [1.82, 2.24) is 10.3 Å². The van der Waals surface area contributed by atoms with E-state index >= 15 is 0 Å². The number of aromatic amines is 1. The fraction of sp³-hybridized carbons (Fsp3) is 0.250. The van der Waals surface area contributed by atoms with Crippen LogP contribution in [0.1, 0.15) is 12.5 Å². The molecule has 84 valence electrons. The van der Waals surface area contributed by atoms with Crippen LogP contribution in [0.4, 0.5) is 4.79 Å². The maximum atomic E-state index is 11.1. The summed E-state index contributed by atoms with van der Waals surface area (Å²) >= 11 is 0. The van der Waals surface area contributed by atoms with Gasteiger partial charge in [0.1, 0.15) is 6.61 Å². The monoisotopic (exact) mass is 218 g/mol. The molecule has 0 saturated carbocycles. The first kappa shape index (κ1) is 10.5. The first-order valence-electron chi connectivity index (χ1n) is 5.27. The zero-order chi connectivity index (χ0) is 11.4. The molecule has 1 amide bonds. The van der Waals surface area contributed by atoms with Gasteiger partial charge in [0.05, 0.1) is 0 Å². The number of benzene rings is 1. The fourth-order valence-corrected chi connectivity index (χ4v) is 1.59. The van der Waals surface area contributed by atoms with E-state index in [2.05, 4.69) is 10.3 Å². The number of nitrogens with one attached hydrogen (secondary N) is 2. The van der Waals surface area contributed by atoms with Gasteiger partial charge in [-0.3, -0.25) is 0 Å². The highest BCUT2D eigenvalue weighted by Crippen LogP contribution is 2.18. The number of carbonyl (C=O) groups excluding carboxylic acids is 1. The summed E-state index contributed by atoms with van der Waals surface area (Å²) in [5.74, 6) is 0. The van der Waals surface area contributed by atoms with Crippen LogP contribution in [0, 0.1) is 0 Å². The van der Waals surface area contributed by atoms with Crippen LogP contribution >= 0.6 is 0 Å². The molecular formula is C12H14N2O2. The third-order valence-electron chi connectivity index (χ3n) is 2.35. The molecule has 0 saturated heterocycles. The largest absolute Gasteiger partial charge is 0.445 e. The molecule has 4 nitrogen and oxygen atoms in total. The molecule has 0 atom stereocenters. The molecule has 0 aliphatic rings. The van der Waals surface area contributed by atoms with Gasteiger partial charge >= 0.3 is 6.09 Å². The molecule has 1 aromatic carbocycles. The van der Waals surface area contributed by atoms with Crippen molar-refractivity contribution >= 4 is 17.0 Å². The van der Waals surface area contributed by atoms with Crippen molar-refractivity contribution in [1.29, 1.82) is 0 Å². The summed E-state index contributed by atoms with van der Waals surface area (Å²) in [5, 5.41) is 3.67. The molecule has 2 rings (SSSR count). The first-order valence-corrected chi connectivity index (χ1v) is 5.27. The van der Waals surface area contributed by atoms with E-state index in [4.69, 9.17) is 4.74 Å². The molecule has 0 spiro atoms. The average molecular weight is 218 g/mol. The SMILES string of the molecule is CCNC(=O)OCc1c[nH]c2ccccc12. The van der Waals surface area contributed by atoms with Crippen molar-refractivity contribution in [3.63, 3.8) is 0 Å². The van der Waals surface area contributed by atoms with Crippen LogP contribution in [-0.4, -0.2) is 17.6 Å². The second-order valence-electron chi connectivity index (χ2n) is 3.47. The first-order chi connectivity index (χ1) is 7.81. The van der Waals surface area contributed by atoms with Crippen LogP contribution in [0.2, 0.25) is 0 Å². The normalized spacial score (nSPS) is 10.3. The molecule has 4 heteroatoms. The van der Waals surface area contributed by atoms with Gasteiger partial charge in [-0.05, 0) is 13.0 Å². The van der Waals surface area contributed by atoms with Crippen molar-refractivity contribution in [3.8, 4) is 0 Å². The minimum absolute atomic E-state index is 0.288. The minimum atomic E-state index is -0.382. The van der Waals surface area contributed by atoms with Crippen LogP contribution < -0.4 is 5.32 Å².